The highest BCUT2D eigenvalue weighted by atomic mass is 35.5. The van der Waals surface area contributed by atoms with E-state index in [0.29, 0.717) is 61.5 Å². The van der Waals surface area contributed by atoms with Crippen LogP contribution in [0, 0.1) is 57.0 Å². The first kappa shape index (κ1) is 87.1. The lowest BCUT2D eigenvalue weighted by Gasteiger charge is -2.14. The van der Waals surface area contributed by atoms with Crippen molar-refractivity contribution in [3.63, 3.8) is 0 Å². The van der Waals surface area contributed by atoms with Gasteiger partial charge in [-0.2, -0.15) is 29.8 Å². The predicted molar refractivity (Wildman–Crippen MR) is 444 cm³/mol. The molecule has 8 aromatic carbocycles. The average Bonchev–Trinajstić information content (AvgIpc) is 1.31. The van der Waals surface area contributed by atoms with Crippen molar-refractivity contribution < 1.29 is 82.1 Å². The summed E-state index contributed by atoms with van der Waals surface area (Å²) in [5, 5.41) is 78.2. The summed E-state index contributed by atoms with van der Waals surface area (Å²) < 4.78 is 144. The number of carbonyl (C=O) groups is 4. The Morgan fingerprint density at radius 2 is 0.623 bits per heavy atom. The molecule has 0 radical (unpaired) electrons. The molecule has 0 amide bonds. The molecule has 4 heterocycles. The summed E-state index contributed by atoms with van der Waals surface area (Å²) in [7, 11) is -15.8. The van der Waals surface area contributed by atoms with E-state index < -0.39 is 97.9 Å². The van der Waals surface area contributed by atoms with Crippen LogP contribution in [-0.4, -0.2) is 107 Å². The number of nitriles is 4. The molecule has 616 valence electrons. The fourth-order valence-corrected chi connectivity index (χ4v) is 21.8. The molecule has 36 heteroatoms. The van der Waals surface area contributed by atoms with Crippen LogP contribution in [0.2, 0.25) is 10.0 Å². The Balaban J connectivity index is 0.000000140. The first-order valence-corrected chi connectivity index (χ1v) is 45.9. The molecule has 0 atom stereocenters. The van der Waals surface area contributed by atoms with Crippen molar-refractivity contribution >= 4 is 109 Å². The molecule has 0 aliphatic heterocycles. The summed E-state index contributed by atoms with van der Waals surface area (Å²) >= 11 is 14.7. The summed E-state index contributed by atoms with van der Waals surface area (Å²) in [6.45, 7) is 0. The maximum atomic E-state index is 14.3. The second-order valence-corrected chi connectivity index (χ2v) is 38.7. The van der Waals surface area contributed by atoms with Crippen molar-refractivity contribution in [2.45, 2.75) is 118 Å². The van der Waals surface area contributed by atoms with Gasteiger partial charge in [-0.15, -0.1) is 0 Å². The van der Waals surface area contributed by atoms with Crippen LogP contribution in [0.4, 0.5) is 8.78 Å². The minimum Gasteiger partial charge on any atom is -0.478 e. The minimum absolute atomic E-state index is 0.00304. The molecule has 16 rings (SSSR count). The lowest BCUT2D eigenvalue weighted by Crippen LogP contribution is -2.11. The summed E-state index contributed by atoms with van der Waals surface area (Å²) in [6, 6.07) is 41.2. The lowest BCUT2D eigenvalue weighted by molar-refractivity contribution is 0.0685. The van der Waals surface area contributed by atoms with Gasteiger partial charge in [-0.25, -0.2) is 81.6 Å². The molecule has 4 aromatic heterocycles. The highest BCUT2D eigenvalue weighted by molar-refractivity contribution is 7.91. The maximum Gasteiger partial charge on any atom is 0.335 e. The fourth-order valence-electron chi connectivity index (χ4n) is 13.6. The van der Waals surface area contributed by atoms with Gasteiger partial charge in [0, 0.05) is 57.8 Å². The van der Waals surface area contributed by atoms with E-state index in [2.05, 4.69) is 28.7 Å². The monoisotopic (exact) mass is 1790 g/mol. The molecule has 0 bridgehead atoms. The van der Waals surface area contributed by atoms with E-state index in [1.54, 1.807) is 77.5 Å². The second kappa shape index (κ2) is 36.3. The number of nitrogens with zero attached hydrogens (tertiary/aromatic N) is 10. The Hall–Kier alpha value is -12.7. The van der Waals surface area contributed by atoms with Gasteiger partial charge < -0.3 is 20.4 Å². The van der Waals surface area contributed by atoms with E-state index >= 15 is 0 Å². The third kappa shape index (κ3) is 20.1. The number of aromatic nitrogens is 6. The Bertz CT molecular complexity index is 6480. The highest BCUT2D eigenvalue weighted by Crippen LogP contribution is 2.48. The van der Waals surface area contributed by atoms with Crippen molar-refractivity contribution in [3.8, 4) is 69.6 Å². The maximum absolute atomic E-state index is 14.3. The van der Waals surface area contributed by atoms with Gasteiger partial charge in [0.1, 0.15) is 35.9 Å². The van der Waals surface area contributed by atoms with Gasteiger partial charge in [0.05, 0.1) is 109 Å². The van der Waals surface area contributed by atoms with Crippen LogP contribution in [0.3, 0.4) is 0 Å². The highest BCUT2D eigenvalue weighted by Gasteiger charge is 2.37. The molecular weight excluding hydrogens is 1730 g/mol. The number of hydrogen-bond acceptors (Lipinski definition) is 24. The average molecular weight is 1790 g/mol. The Kier molecular flexibility index (Phi) is 25.9. The largest absolute Gasteiger partial charge is 0.478 e. The minimum atomic E-state index is -4.02. The van der Waals surface area contributed by atoms with Crippen LogP contribution in [0.25, 0.3) is 45.3 Å². The summed E-state index contributed by atoms with van der Waals surface area (Å²) in [4.78, 5) is 62.1. The van der Waals surface area contributed by atoms with Crippen LogP contribution in [0.1, 0.15) is 183 Å². The van der Waals surface area contributed by atoms with Crippen molar-refractivity contribution in [2.24, 2.45) is 0 Å². The molecule has 12 aromatic rings. The van der Waals surface area contributed by atoms with Crippen molar-refractivity contribution in [2.75, 3.05) is 0 Å². The van der Waals surface area contributed by atoms with Crippen molar-refractivity contribution in [1.82, 2.24) is 28.7 Å². The third-order valence-electron chi connectivity index (χ3n) is 20.1. The molecule has 4 fully saturated rings. The molecule has 4 aliphatic carbocycles. The zero-order chi connectivity index (χ0) is 87.3. The van der Waals surface area contributed by atoms with Gasteiger partial charge in [-0.05, 0) is 264 Å². The normalized spacial score (nSPS) is 13.6. The van der Waals surface area contributed by atoms with Crippen LogP contribution in [0.5, 0.6) is 0 Å². The van der Waals surface area contributed by atoms with Crippen molar-refractivity contribution in [1.29, 1.82) is 21.0 Å². The predicted octanol–water partition coefficient (Wildman–Crippen LogP) is 17.2. The molecule has 122 heavy (non-hydrogen) atoms. The standard InChI is InChI=1S/C22H16ClN3O4S.C22H16FN3O4S.C21H15ClN2O4S2.C21H15FN2O4S2/c2*23-19-10-18(21-25-6-1-7-26-21)16(8-15(19)11-24)12-31(29,30)20-9-14(22(27)28)4-5-17(20)13-2-3-13;2*22-18-9-17(19-5-6-29-24-19)15(7-14(18)10-23)11-30(27,28)20-8-13(21(25)26)3-4-16(20)12-1-2-12/h2*1,4-10,13H,2-3,12H2,(H,27,28);2*3-9,12H,1-2,11H2,(H,25,26). The zero-order valence-electron chi connectivity index (χ0n) is 63.2. The van der Waals surface area contributed by atoms with E-state index in [-0.39, 0.29) is 126 Å². The van der Waals surface area contributed by atoms with Gasteiger partial charge in [0.2, 0.25) is 0 Å². The topological polar surface area (TPSA) is 458 Å². The first-order chi connectivity index (χ1) is 58.2. The Morgan fingerprint density at radius 1 is 0.369 bits per heavy atom. The number of aromatic carboxylic acids is 4. The third-order valence-corrected chi connectivity index (χ3v) is 28.7. The number of carboxylic acids is 4. The SMILES string of the molecule is N#Cc1cc(CS(=O)(=O)c2cc(C(=O)O)ccc2C2CC2)c(-c2ccsn2)cc1Cl.N#Cc1cc(CS(=O)(=O)c2cc(C(=O)O)ccc2C2CC2)c(-c2ccsn2)cc1F.N#Cc1cc(CS(=O)(=O)c2cc(C(=O)O)ccc2C2CC2)c(-c2ncccn2)cc1Cl.N#Cc1cc(CS(=O)(=O)c2cc(C(=O)O)ccc2C2CC2)c(-c2ncccn2)cc1F. The molecule has 0 saturated heterocycles. The van der Waals surface area contributed by atoms with Gasteiger partial charge in [-0.1, -0.05) is 47.5 Å². The number of hydrogen-bond donors (Lipinski definition) is 4. The van der Waals surface area contributed by atoms with Gasteiger partial charge in [0.25, 0.3) is 0 Å². The van der Waals surface area contributed by atoms with Gasteiger partial charge >= 0.3 is 23.9 Å². The van der Waals surface area contributed by atoms with Gasteiger partial charge in [-0.3, -0.25) is 0 Å². The number of halogens is 4. The van der Waals surface area contributed by atoms with Gasteiger partial charge in [0.15, 0.2) is 51.0 Å². The van der Waals surface area contributed by atoms with E-state index in [9.17, 15) is 103 Å². The van der Waals surface area contributed by atoms with Crippen molar-refractivity contribution in [3.05, 3.63) is 292 Å². The van der Waals surface area contributed by atoms with Crippen LogP contribution >= 0.6 is 46.3 Å². The van der Waals surface area contributed by atoms with Crippen LogP contribution < -0.4 is 0 Å². The zero-order valence-corrected chi connectivity index (χ0v) is 69.6. The van der Waals surface area contributed by atoms with E-state index in [1.807, 2.05) is 12.1 Å². The van der Waals surface area contributed by atoms with Crippen LogP contribution in [0.15, 0.2) is 201 Å². The Morgan fingerprint density at radius 3 is 0.885 bits per heavy atom. The summed E-state index contributed by atoms with van der Waals surface area (Å²) in [6.07, 6.45) is 12.7. The molecule has 4 N–H and O–H groups in total. The smallest absolute Gasteiger partial charge is 0.335 e. The molecule has 26 nitrogen and oxygen atoms in total. The number of benzene rings is 8. The van der Waals surface area contributed by atoms with Crippen LogP contribution in [-0.2, 0) is 62.4 Å². The molecular formula is C86H62Cl2F2N10O16S6. The number of sulfone groups is 4. The lowest BCUT2D eigenvalue weighted by atomic mass is 10.0. The fraction of sp³-hybridized carbons (Fsp3) is 0.186. The number of rotatable bonds is 24. The Labute approximate surface area is 715 Å². The van der Waals surface area contributed by atoms with E-state index in [4.69, 9.17) is 23.2 Å². The molecule has 0 unspecified atom stereocenters. The van der Waals surface area contributed by atoms with E-state index in [0.717, 1.165) is 75.0 Å². The molecule has 4 aliphatic rings. The van der Waals surface area contributed by atoms with E-state index in [1.165, 1.54) is 115 Å². The quantitative estimate of drug-likeness (QED) is 0.0436. The first-order valence-electron chi connectivity index (χ1n) is 36.9. The molecule has 4 saturated carbocycles. The summed E-state index contributed by atoms with van der Waals surface area (Å²) in [5.74, 6) is -7.53. The summed E-state index contributed by atoms with van der Waals surface area (Å²) in [5.41, 5.74) is 5.22. The second-order valence-electron chi connectivity index (χ2n) is 28.7. The number of carboxylic acid groups (broad SMARTS) is 4. The molecule has 0 spiro atoms.